The largest absolute Gasteiger partial charge is 0.481 e. The van der Waals surface area contributed by atoms with E-state index in [1.807, 2.05) is 13.8 Å². The molecule has 0 radical (unpaired) electrons. The third-order valence-electron chi connectivity index (χ3n) is 3.87. The molecule has 1 rings (SSSR count). The standard InChI is InChI=1S/C11H20O3S/c1-9(2)5-6-15-7-11(9,14)10(3,4)8(12)13/h14H,5-7H2,1-4H3,(H,12,13). The second-order valence-corrected chi connectivity index (χ2v) is 6.58. The molecule has 0 amide bonds. The van der Waals surface area contributed by atoms with Crippen molar-refractivity contribution in [1.82, 2.24) is 0 Å². The molecule has 1 unspecified atom stereocenters. The summed E-state index contributed by atoms with van der Waals surface area (Å²) < 4.78 is 0. The summed E-state index contributed by atoms with van der Waals surface area (Å²) in [5, 5.41) is 19.9. The zero-order valence-electron chi connectivity index (χ0n) is 9.83. The van der Waals surface area contributed by atoms with Crippen molar-refractivity contribution in [2.75, 3.05) is 11.5 Å². The van der Waals surface area contributed by atoms with Gasteiger partial charge in [-0.15, -0.1) is 0 Å². The summed E-state index contributed by atoms with van der Waals surface area (Å²) in [5.74, 6) is 0.560. The van der Waals surface area contributed by atoms with Gasteiger partial charge in [-0.25, -0.2) is 0 Å². The summed E-state index contributed by atoms with van der Waals surface area (Å²) in [6.45, 7) is 7.14. The van der Waals surface area contributed by atoms with E-state index >= 15 is 0 Å². The molecule has 0 saturated carbocycles. The number of carboxylic acid groups (broad SMARTS) is 1. The predicted molar refractivity (Wildman–Crippen MR) is 62.1 cm³/mol. The van der Waals surface area contributed by atoms with Gasteiger partial charge in [0, 0.05) is 5.75 Å². The average Bonchev–Trinajstić information content (AvgIpc) is 2.09. The number of aliphatic carboxylic acids is 1. The topological polar surface area (TPSA) is 57.5 Å². The molecule has 1 atom stereocenters. The van der Waals surface area contributed by atoms with Crippen LogP contribution < -0.4 is 0 Å². The van der Waals surface area contributed by atoms with Gasteiger partial charge >= 0.3 is 5.97 Å². The number of hydrogen-bond donors (Lipinski definition) is 2. The third-order valence-corrected chi connectivity index (χ3v) is 4.99. The summed E-state index contributed by atoms with van der Waals surface area (Å²) in [7, 11) is 0. The van der Waals surface area contributed by atoms with Gasteiger partial charge in [0.15, 0.2) is 0 Å². The fourth-order valence-electron chi connectivity index (χ4n) is 2.15. The lowest BCUT2D eigenvalue weighted by Crippen LogP contribution is -2.62. The Hall–Kier alpha value is -0.220. The van der Waals surface area contributed by atoms with E-state index in [2.05, 4.69) is 0 Å². The summed E-state index contributed by atoms with van der Waals surface area (Å²) >= 11 is 1.64. The SMILES string of the molecule is CC1(C)CCSCC1(O)C(C)(C)C(=O)O. The zero-order chi connectivity index (χ0) is 11.9. The number of hydrogen-bond acceptors (Lipinski definition) is 3. The Bertz CT molecular complexity index is 273. The van der Waals surface area contributed by atoms with E-state index in [4.69, 9.17) is 0 Å². The second kappa shape index (κ2) is 3.67. The summed E-state index contributed by atoms with van der Waals surface area (Å²) in [5.41, 5.74) is -2.60. The van der Waals surface area contributed by atoms with E-state index in [0.29, 0.717) is 5.75 Å². The van der Waals surface area contributed by atoms with Crippen molar-refractivity contribution in [3.8, 4) is 0 Å². The van der Waals surface area contributed by atoms with Gasteiger partial charge in [0.2, 0.25) is 0 Å². The van der Waals surface area contributed by atoms with Gasteiger partial charge in [0.05, 0.1) is 11.0 Å². The van der Waals surface area contributed by atoms with Crippen LogP contribution >= 0.6 is 11.8 Å². The molecule has 3 nitrogen and oxygen atoms in total. The Balaban J connectivity index is 3.13. The molecule has 4 heteroatoms. The summed E-state index contributed by atoms with van der Waals surface area (Å²) in [6.07, 6.45) is 0.852. The lowest BCUT2D eigenvalue weighted by atomic mass is 9.60. The van der Waals surface area contributed by atoms with Crippen molar-refractivity contribution in [2.24, 2.45) is 10.8 Å². The maximum Gasteiger partial charge on any atom is 0.312 e. The van der Waals surface area contributed by atoms with E-state index in [9.17, 15) is 15.0 Å². The van der Waals surface area contributed by atoms with Crippen LogP contribution in [0.25, 0.3) is 0 Å². The van der Waals surface area contributed by atoms with Crippen molar-refractivity contribution >= 4 is 17.7 Å². The molecule has 1 heterocycles. The first-order chi connectivity index (χ1) is 6.65. The third kappa shape index (κ3) is 1.78. The smallest absolute Gasteiger partial charge is 0.312 e. The van der Waals surface area contributed by atoms with Crippen molar-refractivity contribution in [2.45, 2.75) is 39.7 Å². The first kappa shape index (κ1) is 12.8. The Morgan fingerprint density at radius 3 is 2.33 bits per heavy atom. The van der Waals surface area contributed by atoms with E-state index in [1.54, 1.807) is 25.6 Å². The molecular formula is C11H20O3S. The van der Waals surface area contributed by atoms with Crippen LogP contribution in [0.4, 0.5) is 0 Å². The van der Waals surface area contributed by atoms with E-state index < -0.39 is 17.0 Å². The van der Waals surface area contributed by atoms with Crippen LogP contribution in [0, 0.1) is 10.8 Å². The molecule has 1 aliphatic heterocycles. The van der Waals surface area contributed by atoms with Crippen LogP contribution in [-0.2, 0) is 4.79 Å². The fraction of sp³-hybridized carbons (Fsp3) is 0.909. The molecule has 0 aromatic rings. The normalized spacial score (nSPS) is 31.3. The summed E-state index contributed by atoms with van der Waals surface area (Å²) in [4.78, 5) is 11.2. The quantitative estimate of drug-likeness (QED) is 0.764. The zero-order valence-corrected chi connectivity index (χ0v) is 10.6. The maximum absolute atomic E-state index is 11.2. The van der Waals surface area contributed by atoms with E-state index in [0.717, 1.165) is 12.2 Å². The van der Waals surface area contributed by atoms with E-state index in [1.165, 1.54) is 0 Å². The van der Waals surface area contributed by atoms with Gasteiger partial charge in [0.1, 0.15) is 0 Å². The van der Waals surface area contributed by atoms with Gasteiger partial charge in [-0.05, 0) is 31.4 Å². The highest BCUT2D eigenvalue weighted by molar-refractivity contribution is 7.99. The number of rotatable bonds is 2. The first-order valence-electron chi connectivity index (χ1n) is 5.19. The summed E-state index contributed by atoms with van der Waals surface area (Å²) in [6, 6.07) is 0. The molecule has 88 valence electrons. The molecular weight excluding hydrogens is 212 g/mol. The number of aliphatic hydroxyl groups is 1. The molecule has 1 saturated heterocycles. The lowest BCUT2D eigenvalue weighted by Gasteiger charge is -2.52. The minimum absolute atomic E-state index is 0.347. The van der Waals surface area contributed by atoms with Gasteiger partial charge < -0.3 is 10.2 Å². The molecule has 0 aliphatic carbocycles. The number of carbonyl (C=O) groups is 1. The van der Waals surface area contributed by atoms with Crippen LogP contribution in [0.1, 0.15) is 34.1 Å². The molecule has 0 aromatic heterocycles. The average molecular weight is 232 g/mol. The number of thioether (sulfide) groups is 1. The van der Waals surface area contributed by atoms with Crippen LogP contribution in [0.5, 0.6) is 0 Å². The monoisotopic (exact) mass is 232 g/mol. The highest BCUT2D eigenvalue weighted by Crippen LogP contribution is 2.51. The Kier molecular flexibility index (Phi) is 3.14. The van der Waals surface area contributed by atoms with Gasteiger partial charge in [-0.1, -0.05) is 13.8 Å². The highest BCUT2D eigenvalue weighted by Gasteiger charge is 2.58. The van der Waals surface area contributed by atoms with Crippen molar-refractivity contribution in [1.29, 1.82) is 0 Å². The van der Waals surface area contributed by atoms with Gasteiger partial charge in [-0.2, -0.15) is 11.8 Å². The number of carboxylic acids is 1. The molecule has 0 spiro atoms. The molecule has 15 heavy (non-hydrogen) atoms. The van der Waals surface area contributed by atoms with Crippen molar-refractivity contribution in [3.05, 3.63) is 0 Å². The lowest BCUT2D eigenvalue weighted by molar-refractivity contribution is -0.180. The van der Waals surface area contributed by atoms with Gasteiger partial charge in [-0.3, -0.25) is 4.79 Å². The molecule has 0 aromatic carbocycles. The minimum Gasteiger partial charge on any atom is -0.481 e. The highest BCUT2D eigenvalue weighted by atomic mass is 32.2. The second-order valence-electron chi connectivity index (χ2n) is 5.48. The molecule has 0 bridgehead atoms. The van der Waals surface area contributed by atoms with Crippen molar-refractivity contribution in [3.63, 3.8) is 0 Å². The molecule has 1 fully saturated rings. The minimum atomic E-state index is -1.14. The Labute approximate surface area is 95.3 Å². The predicted octanol–water partition coefficient (Wildman–Crippen LogP) is 1.99. The molecule has 2 N–H and O–H groups in total. The maximum atomic E-state index is 11.2. The van der Waals surface area contributed by atoms with Crippen LogP contribution in [0.3, 0.4) is 0 Å². The van der Waals surface area contributed by atoms with Crippen LogP contribution in [-0.4, -0.2) is 33.3 Å². The Morgan fingerprint density at radius 2 is 1.93 bits per heavy atom. The van der Waals surface area contributed by atoms with Crippen molar-refractivity contribution < 1.29 is 15.0 Å². The van der Waals surface area contributed by atoms with Crippen LogP contribution in [0.15, 0.2) is 0 Å². The molecule has 1 aliphatic rings. The first-order valence-corrected chi connectivity index (χ1v) is 6.34. The fourth-order valence-corrected chi connectivity index (χ4v) is 4.00. The van der Waals surface area contributed by atoms with Crippen LogP contribution in [0.2, 0.25) is 0 Å². The van der Waals surface area contributed by atoms with Gasteiger partial charge in [0.25, 0.3) is 0 Å². The Morgan fingerprint density at radius 1 is 1.40 bits per heavy atom. The van der Waals surface area contributed by atoms with E-state index in [-0.39, 0.29) is 5.41 Å².